The zero-order chi connectivity index (χ0) is 23.3. The van der Waals surface area contributed by atoms with Crippen LogP contribution in [0.1, 0.15) is 27.9 Å². The minimum absolute atomic E-state index is 0.101. The number of fused-ring (bicyclic) bond motifs is 1. The molecule has 0 saturated heterocycles. The first-order valence-electron chi connectivity index (χ1n) is 9.99. The number of nitro benzene ring substituents is 1. The quantitative estimate of drug-likeness (QED) is 0.343. The van der Waals surface area contributed by atoms with E-state index in [0.717, 1.165) is 11.1 Å². The van der Waals surface area contributed by atoms with Gasteiger partial charge in [0.15, 0.2) is 11.5 Å². The summed E-state index contributed by atoms with van der Waals surface area (Å²) in [4.78, 5) is 22.3. The molecule has 32 heavy (non-hydrogen) atoms. The largest absolute Gasteiger partial charge is 0.493 e. The smallest absolute Gasteiger partial charge is 0.269 e. The Morgan fingerprint density at radius 3 is 2.34 bits per heavy atom. The Morgan fingerprint density at radius 2 is 1.75 bits per heavy atom. The molecule has 0 spiro atoms. The number of benzene rings is 2. The van der Waals surface area contributed by atoms with E-state index in [1.807, 2.05) is 6.07 Å². The molecule has 10 nitrogen and oxygen atoms in total. The summed E-state index contributed by atoms with van der Waals surface area (Å²) in [6.45, 7) is 0.803. The van der Waals surface area contributed by atoms with Crippen molar-refractivity contribution >= 4 is 21.6 Å². The van der Waals surface area contributed by atoms with Gasteiger partial charge in [0, 0.05) is 37.3 Å². The van der Waals surface area contributed by atoms with Crippen molar-refractivity contribution in [2.75, 3.05) is 33.1 Å². The molecular formula is C21H25N3O7S. The molecule has 0 unspecified atom stereocenters. The number of methoxy groups -OCH3 is 2. The lowest BCUT2D eigenvalue weighted by Gasteiger charge is -2.29. The van der Waals surface area contributed by atoms with E-state index in [0.29, 0.717) is 24.5 Å². The van der Waals surface area contributed by atoms with Crippen molar-refractivity contribution in [3.05, 3.63) is 63.2 Å². The third kappa shape index (κ3) is 5.35. The molecule has 3 rings (SSSR count). The molecule has 1 heterocycles. The van der Waals surface area contributed by atoms with Crippen LogP contribution < -0.4 is 14.8 Å². The Hall–Kier alpha value is -3.18. The summed E-state index contributed by atoms with van der Waals surface area (Å²) in [6.07, 6.45) is 0.822. The molecule has 1 aliphatic rings. The van der Waals surface area contributed by atoms with E-state index < -0.39 is 20.9 Å². The third-order valence-electron chi connectivity index (χ3n) is 5.28. The van der Waals surface area contributed by atoms with E-state index in [4.69, 9.17) is 9.47 Å². The van der Waals surface area contributed by atoms with Crippen molar-refractivity contribution in [3.8, 4) is 11.5 Å². The van der Waals surface area contributed by atoms with Crippen molar-refractivity contribution in [3.63, 3.8) is 0 Å². The highest BCUT2D eigenvalue weighted by molar-refractivity contribution is 7.89. The zero-order valence-corrected chi connectivity index (χ0v) is 18.7. The molecular weight excluding hydrogens is 438 g/mol. The summed E-state index contributed by atoms with van der Waals surface area (Å²) >= 11 is 0. The van der Waals surface area contributed by atoms with Gasteiger partial charge in [-0.05, 0) is 48.2 Å². The van der Waals surface area contributed by atoms with Crippen molar-refractivity contribution in [2.45, 2.75) is 19.4 Å². The van der Waals surface area contributed by atoms with Crippen molar-refractivity contribution in [1.82, 2.24) is 9.62 Å². The lowest BCUT2D eigenvalue weighted by Crippen LogP contribution is -2.38. The maximum atomic E-state index is 12.8. The number of non-ortho nitro benzene ring substituents is 1. The molecule has 0 saturated carbocycles. The predicted molar refractivity (Wildman–Crippen MR) is 117 cm³/mol. The molecule has 0 atom stereocenters. The Bertz CT molecular complexity index is 1100. The standard InChI is InChI=1S/C21H25N3O7S/c1-30-19-12-16-8-10-23(14-17(16)13-20(19)31-2)32(28,29)11-3-9-22-21(25)15-4-6-18(7-5-15)24(26)27/h4-7,12-13H,3,8-11,14H2,1-2H3,(H,22,25). The number of hydrogen-bond donors (Lipinski definition) is 1. The number of nitrogens with zero attached hydrogens (tertiary/aromatic N) is 2. The minimum atomic E-state index is -3.50. The van der Waals surface area contributed by atoms with Crippen LogP contribution in [0.4, 0.5) is 5.69 Å². The van der Waals surface area contributed by atoms with Gasteiger partial charge in [0.25, 0.3) is 11.6 Å². The molecule has 0 bridgehead atoms. The fourth-order valence-corrected chi connectivity index (χ4v) is 4.99. The van der Waals surface area contributed by atoms with Gasteiger partial charge in [-0.1, -0.05) is 0 Å². The molecule has 2 aromatic carbocycles. The van der Waals surface area contributed by atoms with Crippen LogP contribution >= 0.6 is 0 Å². The van der Waals surface area contributed by atoms with Gasteiger partial charge in [-0.3, -0.25) is 14.9 Å². The first-order chi connectivity index (χ1) is 15.2. The molecule has 0 radical (unpaired) electrons. The average Bonchev–Trinajstić information content (AvgIpc) is 2.80. The number of carbonyl (C=O) groups is 1. The van der Waals surface area contributed by atoms with Crippen LogP contribution in [0, 0.1) is 10.1 Å². The summed E-state index contributed by atoms with van der Waals surface area (Å²) in [5, 5.41) is 13.3. The second-order valence-corrected chi connectivity index (χ2v) is 9.38. The lowest BCUT2D eigenvalue weighted by atomic mass is 10.0. The lowest BCUT2D eigenvalue weighted by molar-refractivity contribution is -0.384. The monoisotopic (exact) mass is 463 g/mol. The van der Waals surface area contributed by atoms with Crippen LogP contribution in [0.15, 0.2) is 36.4 Å². The second kappa shape index (κ2) is 9.96. The molecule has 2 aromatic rings. The van der Waals surface area contributed by atoms with Gasteiger partial charge in [-0.15, -0.1) is 0 Å². The zero-order valence-electron chi connectivity index (χ0n) is 17.9. The first-order valence-corrected chi connectivity index (χ1v) is 11.6. The molecule has 1 N–H and O–H groups in total. The molecule has 0 fully saturated rings. The van der Waals surface area contributed by atoms with E-state index in [1.54, 1.807) is 13.2 Å². The number of ether oxygens (including phenoxy) is 2. The van der Waals surface area contributed by atoms with Crippen LogP contribution in [0.25, 0.3) is 0 Å². The Balaban J connectivity index is 1.53. The summed E-state index contributed by atoms with van der Waals surface area (Å²) in [5.41, 5.74) is 2.08. The van der Waals surface area contributed by atoms with Gasteiger partial charge in [-0.25, -0.2) is 8.42 Å². The van der Waals surface area contributed by atoms with Crippen LogP contribution in [0.3, 0.4) is 0 Å². The SMILES string of the molecule is COc1cc2c(cc1OC)CN(S(=O)(=O)CCCNC(=O)c1ccc([N+](=O)[O-])cc1)CC2. The number of carbonyl (C=O) groups excluding carboxylic acids is 1. The maximum Gasteiger partial charge on any atom is 0.269 e. The van der Waals surface area contributed by atoms with Gasteiger partial charge in [0.1, 0.15) is 0 Å². The summed E-state index contributed by atoms with van der Waals surface area (Å²) in [6, 6.07) is 8.90. The normalized spacial score (nSPS) is 13.8. The molecule has 0 aliphatic carbocycles. The first kappa shape index (κ1) is 23.5. The number of rotatable bonds is 9. The molecule has 1 aliphatic heterocycles. The van der Waals surface area contributed by atoms with Crippen LogP contribution in [0.5, 0.6) is 11.5 Å². The van der Waals surface area contributed by atoms with Gasteiger partial charge < -0.3 is 14.8 Å². The van der Waals surface area contributed by atoms with Crippen LogP contribution in [-0.4, -0.2) is 56.6 Å². The van der Waals surface area contributed by atoms with E-state index in [9.17, 15) is 23.3 Å². The summed E-state index contributed by atoms with van der Waals surface area (Å²) in [7, 11) is -0.410. The van der Waals surface area contributed by atoms with Gasteiger partial charge in [-0.2, -0.15) is 4.31 Å². The number of amides is 1. The number of hydrogen-bond acceptors (Lipinski definition) is 7. The van der Waals surface area contributed by atoms with Crippen molar-refractivity contribution < 1.29 is 27.6 Å². The molecule has 11 heteroatoms. The van der Waals surface area contributed by atoms with E-state index in [1.165, 1.54) is 35.7 Å². The summed E-state index contributed by atoms with van der Waals surface area (Å²) < 4.78 is 37.6. The highest BCUT2D eigenvalue weighted by atomic mass is 32.2. The predicted octanol–water partition coefficient (Wildman–Crippen LogP) is 2.12. The van der Waals surface area contributed by atoms with Gasteiger partial charge in [0.2, 0.25) is 10.0 Å². The second-order valence-electron chi connectivity index (χ2n) is 7.29. The van der Waals surface area contributed by atoms with Crippen molar-refractivity contribution in [1.29, 1.82) is 0 Å². The third-order valence-corrected chi connectivity index (χ3v) is 7.18. The minimum Gasteiger partial charge on any atom is -0.493 e. The molecule has 1 amide bonds. The topological polar surface area (TPSA) is 128 Å². The number of sulfonamides is 1. The van der Waals surface area contributed by atoms with E-state index in [2.05, 4.69) is 5.32 Å². The molecule has 172 valence electrons. The van der Waals surface area contributed by atoms with Gasteiger partial charge >= 0.3 is 0 Å². The fraction of sp³-hybridized carbons (Fsp3) is 0.381. The van der Waals surface area contributed by atoms with Crippen LogP contribution in [-0.2, 0) is 23.0 Å². The Labute approximate surface area is 186 Å². The number of nitro groups is 1. The van der Waals surface area contributed by atoms with Gasteiger partial charge in [0.05, 0.1) is 24.9 Å². The molecule has 0 aromatic heterocycles. The Kier molecular flexibility index (Phi) is 7.31. The van der Waals surface area contributed by atoms with Crippen LogP contribution in [0.2, 0.25) is 0 Å². The number of nitrogens with one attached hydrogen (secondary N) is 1. The average molecular weight is 464 g/mol. The van der Waals surface area contributed by atoms with E-state index in [-0.39, 0.29) is 36.5 Å². The highest BCUT2D eigenvalue weighted by Crippen LogP contribution is 2.33. The highest BCUT2D eigenvalue weighted by Gasteiger charge is 2.27. The maximum absolute atomic E-state index is 12.8. The van der Waals surface area contributed by atoms with Crippen molar-refractivity contribution in [2.24, 2.45) is 0 Å². The fourth-order valence-electron chi connectivity index (χ4n) is 3.52. The Morgan fingerprint density at radius 1 is 1.12 bits per heavy atom. The van der Waals surface area contributed by atoms with E-state index >= 15 is 0 Å². The summed E-state index contributed by atoms with van der Waals surface area (Å²) in [5.74, 6) is 0.659.